The van der Waals surface area contributed by atoms with Crippen LogP contribution in [-0.4, -0.2) is 10.8 Å². The lowest BCUT2D eigenvalue weighted by Gasteiger charge is -2.03. The maximum Gasteiger partial charge on any atom is 0.194 e. The van der Waals surface area contributed by atoms with E-state index in [4.69, 9.17) is 5.73 Å². The monoisotopic (exact) mass is 294 g/mol. The lowest BCUT2D eigenvalue weighted by atomic mass is 10.0. The zero-order chi connectivity index (χ0) is 12.4. The summed E-state index contributed by atoms with van der Waals surface area (Å²) < 4.78 is 13.7. The number of anilines is 1. The summed E-state index contributed by atoms with van der Waals surface area (Å²) >= 11 is 3.25. The molecular formula is C12H8BrFN2O. The molecule has 3 nitrogen and oxygen atoms in total. The molecule has 1 aromatic carbocycles. The third kappa shape index (κ3) is 2.68. The highest BCUT2D eigenvalue weighted by Crippen LogP contribution is 2.19. The first-order valence-electron chi connectivity index (χ1n) is 4.77. The summed E-state index contributed by atoms with van der Waals surface area (Å²) in [6, 6.07) is 5.99. The van der Waals surface area contributed by atoms with Crippen LogP contribution in [0.15, 0.2) is 41.1 Å². The van der Waals surface area contributed by atoms with E-state index in [1.807, 2.05) is 0 Å². The van der Waals surface area contributed by atoms with Crippen molar-refractivity contribution in [2.45, 2.75) is 0 Å². The summed E-state index contributed by atoms with van der Waals surface area (Å²) in [7, 11) is 0. The van der Waals surface area contributed by atoms with Crippen LogP contribution in [0.5, 0.6) is 0 Å². The van der Waals surface area contributed by atoms with Gasteiger partial charge in [-0.05, 0) is 24.3 Å². The van der Waals surface area contributed by atoms with Crippen molar-refractivity contribution in [1.82, 2.24) is 4.98 Å². The fourth-order valence-corrected chi connectivity index (χ4v) is 1.96. The molecule has 0 bridgehead atoms. The molecule has 86 valence electrons. The van der Waals surface area contributed by atoms with E-state index in [0.717, 1.165) is 12.3 Å². The van der Waals surface area contributed by atoms with Crippen LogP contribution in [0, 0.1) is 5.82 Å². The molecule has 2 rings (SSSR count). The maximum atomic E-state index is 13.0. The lowest BCUT2D eigenvalue weighted by molar-refractivity contribution is 0.103. The minimum atomic E-state index is -0.543. The summed E-state index contributed by atoms with van der Waals surface area (Å²) in [6.07, 6.45) is 2.37. The number of hydrogen-bond acceptors (Lipinski definition) is 3. The predicted octanol–water partition coefficient (Wildman–Crippen LogP) is 2.80. The number of halogens is 2. The van der Waals surface area contributed by atoms with Crippen molar-refractivity contribution in [2.75, 3.05) is 5.73 Å². The van der Waals surface area contributed by atoms with Gasteiger partial charge < -0.3 is 5.73 Å². The average molecular weight is 295 g/mol. The molecule has 1 heterocycles. The highest BCUT2D eigenvalue weighted by molar-refractivity contribution is 9.10. The second kappa shape index (κ2) is 4.63. The first kappa shape index (κ1) is 11.7. The number of nitrogens with zero attached hydrogens (tertiary/aromatic N) is 1. The summed E-state index contributed by atoms with van der Waals surface area (Å²) in [4.78, 5) is 15.7. The summed E-state index contributed by atoms with van der Waals surface area (Å²) in [5, 5.41) is 0. The molecular weight excluding hydrogens is 287 g/mol. The van der Waals surface area contributed by atoms with E-state index in [-0.39, 0.29) is 11.3 Å². The number of hydrogen-bond donors (Lipinski definition) is 1. The van der Waals surface area contributed by atoms with Gasteiger partial charge in [0.1, 0.15) is 5.82 Å². The first-order valence-corrected chi connectivity index (χ1v) is 5.57. The third-order valence-corrected chi connectivity index (χ3v) is 2.61. The van der Waals surface area contributed by atoms with Crippen LogP contribution in [0.1, 0.15) is 15.9 Å². The SMILES string of the molecule is Nc1cc(Br)cc(C(=O)c2cncc(F)c2)c1. The molecule has 2 N–H and O–H groups in total. The van der Waals surface area contributed by atoms with Crippen LogP contribution in [-0.2, 0) is 0 Å². The third-order valence-electron chi connectivity index (χ3n) is 2.15. The Kier molecular flexibility index (Phi) is 3.19. The van der Waals surface area contributed by atoms with Gasteiger partial charge >= 0.3 is 0 Å². The van der Waals surface area contributed by atoms with Crippen molar-refractivity contribution in [1.29, 1.82) is 0 Å². The Hall–Kier alpha value is -1.75. The van der Waals surface area contributed by atoms with Crippen molar-refractivity contribution in [3.63, 3.8) is 0 Å². The van der Waals surface area contributed by atoms with Gasteiger partial charge in [0.2, 0.25) is 0 Å². The molecule has 17 heavy (non-hydrogen) atoms. The fraction of sp³-hybridized carbons (Fsp3) is 0. The Labute approximate surface area is 106 Å². The predicted molar refractivity (Wildman–Crippen MR) is 66.2 cm³/mol. The highest BCUT2D eigenvalue weighted by Gasteiger charge is 2.11. The molecule has 0 atom stereocenters. The van der Waals surface area contributed by atoms with Gasteiger partial charge in [-0.2, -0.15) is 0 Å². The first-order chi connectivity index (χ1) is 8.06. The van der Waals surface area contributed by atoms with E-state index in [1.54, 1.807) is 12.1 Å². The van der Waals surface area contributed by atoms with Crippen molar-refractivity contribution in [3.8, 4) is 0 Å². The van der Waals surface area contributed by atoms with Crippen molar-refractivity contribution in [2.24, 2.45) is 0 Å². The molecule has 0 saturated carbocycles. The summed E-state index contributed by atoms with van der Waals surface area (Å²) in [5.74, 6) is -0.858. The van der Waals surface area contributed by atoms with E-state index < -0.39 is 5.82 Å². The zero-order valence-electron chi connectivity index (χ0n) is 8.65. The molecule has 0 amide bonds. The standard InChI is InChI=1S/C12H8BrFN2O/c13-9-1-7(3-11(15)4-9)12(17)8-2-10(14)6-16-5-8/h1-6H,15H2. The number of nitrogens with two attached hydrogens (primary N) is 1. The smallest absolute Gasteiger partial charge is 0.194 e. The van der Waals surface area contributed by atoms with E-state index in [1.165, 1.54) is 12.3 Å². The Morgan fingerprint density at radius 2 is 1.94 bits per heavy atom. The number of rotatable bonds is 2. The second-order valence-electron chi connectivity index (χ2n) is 3.49. The van der Waals surface area contributed by atoms with Gasteiger partial charge in [0, 0.05) is 27.5 Å². The fourth-order valence-electron chi connectivity index (χ4n) is 1.45. The van der Waals surface area contributed by atoms with E-state index in [2.05, 4.69) is 20.9 Å². The zero-order valence-corrected chi connectivity index (χ0v) is 10.2. The molecule has 0 aliphatic heterocycles. The van der Waals surface area contributed by atoms with Crippen molar-refractivity contribution >= 4 is 27.4 Å². The van der Waals surface area contributed by atoms with Gasteiger partial charge in [-0.15, -0.1) is 0 Å². The van der Waals surface area contributed by atoms with Gasteiger partial charge in [0.15, 0.2) is 5.78 Å². The molecule has 2 aromatic rings. The van der Waals surface area contributed by atoms with E-state index in [0.29, 0.717) is 15.7 Å². The molecule has 0 spiro atoms. The molecule has 5 heteroatoms. The van der Waals surface area contributed by atoms with Crippen LogP contribution in [0.4, 0.5) is 10.1 Å². The number of ketones is 1. The molecule has 0 unspecified atom stereocenters. The summed E-state index contributed by atoms with van der Waals surface area (Å²) in [5.41, 5.74) is 6.69. The summed E-state index contributed by atoms with van der Waals surface area (Å²) in [6.45, 7) is 0. The van der Waals surface area contributed by atoms with Gasteiger partial charge in [0.05, 0.1) is 6.20 Å². The number of aromatic nitrogens is 1. The van der Waals surface area contributed by atoms with Crippen LogP contribution in [0.25, 0.3) is 0 Å². The number of carbonyl (C=O) groups is 1. The number of nitrogen functional groups attached to an aromatic ring is 1. The van der Waals surface area contributed by atoms with E-state index in [9.17, 15) is 9.18 Å². The topological polar surface area (TPSA) is 56.0 Å². The molecule has 0 fully saturated rings. The molecule has 0 aliphatic carbocycles. The van der Waals surface area contributed by atoms with Crippen LogP contribution in [0.3, 0.4) is 0 Å². The van der Waals surface area contributed by atoms with Gasteiger partial charge in [-0.3, -0.25) is 9.78 Å². The molecule has 1 aromatic heterocycles. The molecule has 0 radical (unpaired) electrons. The minimum Gasteiger partial charge on any atom is -0.399 e. The van der Waals surface area contributed by atoms with Gasteiger partial charge in [-0.1, -0.05) is 15.9 Å². The number of carbonyl (C=O) groups excluding carboxylic acids is 1. The van der Waals surface area contributed by atoms with Crippen LogP contribution >= 0.6 is 15.9 Å². The van der Waals surface area contributed by atoms with Crippen LogP contribution < -0.4 is 5.73 Å². The van der Waals surface area contributed by atoms with Gasteiger partial charge in [0.25, 0.3) is 0 Å². The lowest BCUT2D eigenvalue weighted by Crippen LogP contribution is -2.03. The van der Waals surface area contributed by atoms with Crippen molar-refractivity contribution in [3.05, 3.63) is 58.1 Å². The van der Waals surface area contributed by atoms with Crippen molar-refractivity contribution < 1.29 is 9.18 Å². The Morgan fingerprint density at radius 1 is 1.18 bits per heavy atom. The van der Waals surface area contributed by atoms with E-state index >= 15 is 0 Å². The minimum absolute atomic E-state index is 0.197. The Balaban J connectivity index is 2.43. The van der Waals surface area contributed by atoms with Crippen LogP contribution in [0.2, 0.25) is 0 Å². The molecule has 0 aliphatic rings. The Morgan fingerprint density at radius 3 is 2.59 bits per heavy atom. The second-order valence-corrected chi connectivity index (χ2v) is 4.41. The van der Waals surface area contributed by atoms with Gasteiger partial charge in [-0.25, -0.2) is 4.39 Å². The highest BCUT2D eigenvalue weighted by atomic mass is 79.9. The molecule has 0 saturated heterocycles. The normalized spacial score (nSPS) is 10.2. The Bertz CT molecular complexity index is 566. The quantitative estimate of drug-likeness (QED) is 0.684. The number of benzene rings is 1. The average Bonchev–Trinajstić information content (AvgIpc) is 2.26. The maximum absolute atomic E-state index is 13.0. The largest absolute Gasteiger partial charge is 0.399 e. The number of pyridine rings is 1.